The second-order valence-corrected chi connectivity index (χ2v) is 10.4. The van der Waals surface area contributed by atoms with Crippen molar-refractivity contribution in [2.24, 2.45) is 5.92 Å². The molecule has 2 unspecified atom stereocenters. The van der Waals surface area contributed by atoms with Crippen LogP contribution in [0.5, 0.6) is 0 Å². The van der Waals surface area contributed by atoms with Crippen molar-refractivity contribution in [2.45, 2.75) is 72.6 Å². The topological polar surface area (TPSA) is 87.7 Å². The molecule has 2 N–H and O–H groups in total. The molecule has 0 spiro atoms. The zero-order valence-electron chi connectivity index (χ0n) is 22.1. The molecule has 7 nitrogen and oxygen atoms in total. The summed E-state index contributed by atoms with van der Waals surface area (Å²) in [6.45, 7) is 13.1. The number of carbonyl (C=O) groups excluding carboxylic acids is 3. The molecule has 0 radical (unpaired) electrons. The van der Waals surface area contributed by atoms with Crippen LogP contribution in [0.15, 0.2) is 48.5 Å². The Hall–Kier alpha value is -3.35. The number of rotatable bonds is 8. The molecule has 0 aromatic heterocycles. The lowest BCUT2D eigenvalue weighted by Gasteiger charge is -2.32. The van der Waals surface area contributed by atoms with Crippen molar-refractivity contribution in [1.82, 2.24) is 10.2 Å². The van der Waals surface area contributed by atoms with Crippen LogP contribution in [-0.2, 0) is 14.3 Å². The molecule has 3 amide bonds. The minimum Gasteiger partial charge on any atom is -0.444 e. The number of nitrogens with zero attached hydrogens (tertiary/aromatic N) is 1. The number of hydrogen-bond acceptors (Lipinski definition) is 4. The molecule has 35 heavy (non-hydrogen) atoms. The molecule has 0 heterocycles. The largest absolute Gasteiger partial charge is 0.444 e. The maximum absolute atomic E-state index is 13.7. The van der Waals surface area contributed by atoms with Gasteiger partial charge in [-0.15, -0.1) is 0 Å². The lowest BCUT2D eigenvalue weighted by atomic mass is 9.99. The van der Waals surface area contributed by atoms with Gasteiger partial charge in [0.25, 0.3) is 5.91 Å². The van der Waals surface area contributed by atoms with Crippen LogP contribution in [0.1, 0.15) is 63.8 Å². The van der Waals surface area contributed by atoms with Crippen molar-refractivity contribution in [2.75, 3.05) is 12.4 Å². The van der Waals surface area contributed by atoms with E-state index in [0.29, 0.717) is 17.7 Å². The lowest BCUT2D eigenvalue weighted by Crippen LogP contribution is -2.51. The van der Waals surface area contributed by atoms with Gasteiger partial charge in [-0.1, -0.05) is 61.9 Å². The van der Waals surface area contributed by atoms with Gasteiger partial charge in [0.2, 0.25) is 5.91 Å². The summed E-state index contributed by atoms with van der Waals surface area (Å²) < 4.78 is 5.38. The zero-order valence-corrected chi connectivity index (χ0v) is 22.1. The SMILES string of the molecule is Cc1cccc(C(C(=O)Nc2ccccc2C)N(C)C(=O)C(CC(C)C)NC(=O)OC(C)(C)C)c1. The Morgan fingerprint density at radius 3 is 2.23 bits per heavy atom. The highest BCUT2D eigenvalue weighted by Gasteiger charge is 2.34. The van der Waals surface area contributed by atoms with Crippen molar-refractivity contribution in [1.29, 1.82) is 0 Å². The average molecular weight is 482 g/mol. The van der Waals surface area contributed by atoms with Crippen molar-refractivity contribution >= 4 is 23.6 Å². The molecule has 0 aliphatic rings. The van der Waals surface area contributed by atoms with Gasteiger partial charge in [-0.25, -0.2) is 4.79 Å². The van der Waals surface area contributed by atoms with E-state index in [9.17, 15) is 14.4 Å². The maximum Gasteiger partial charge on any atom is 0.408 e. The Kier molecular flexibility index (Phi) is 9.46. The first-order valence-corrected chi connectivity index (χ1v) is 12.0. The number of benzene rings is 2. The van der Waals surface area contributed by atoms with Gasteiger partial charge in [0, 0.05) is 12.7 Å². The van der Waals surface area contributed by atoms with E-state index < -0.39 is 23.8 Å². The molecule has 2 rings (SSSR count). The number of ether oxygens (including phenoxy) is 1. The lowest BCUT2D eigenvalue weighted by molar-refractivity contribution is -0.139. The van der Waals surface area contributed by atoms with Gasteiger partial charge in [0.05, 0.1) is 0 Å². The van der Waals surface area contributed by atoms with Crippen molar-refractivity contribution < 1.29 is 19.1 Å². The summed E-state index contributed by atoms with van der Waals surface area (Å²) >= 11 is 0. The van der Waals surface area contributed by atoms with Gasteiger partial charge in [-0.05, 0) is 64.2 Å². The van der Waals surface area contributed by atoms with Gasteiger partial charge >= 0.3 is 6.09 Å². The van der Waals surface area contributed by atoms with Gasteiger partial charge in [-0.3, -0.25) is 9.59 Å². The quantitative estimate of drug-likeness (QED) is 0.530. The molecule has 0 bridgehead atoms. The average Bonchev–Trinajstić information content (AvgIpc) is 2.73. The van der Waals surface area contributed by atoms with E-state index in [2.05, 4.69) is 10.6 Å². The highest BCUT2D eigenvalue weighted by Crippen LogP contribution is 2.25. The van der Waals surface area contributed by atoms with Crippen LogP contribution in [0.3, 0.4) is 0 Å². The van der Waals surface area contributed by atoms with Crippen LogP contribution in [0.4, 0.5) is 10.5 Å². The zero-order chi connectivity index (χ0) is 26.3. The van der Waals surface area contributed by atoms with E-state index >= 15 is 0 Å². The molecule has 190 valence electrons. The number of likely N-dealkylation sites (N-methyl/N-ethyl adjacent to an activating group) is 1. The summed E-state index contributed by atoms with van der Waals surface area (Å²) in [7, 11) is 1.59. The normalized spacial score (nSPS) is 13.1. The standard InChI is InChI=1S/C28H39N3O4/c1-18(2)16-23(30-27(34)35-28(5,6)7)26(33)31(8)24(21-14-11-12-19(3)17-21)25(32)29-22-15-10-9-13-20(22)4/h9-15,17-18,23-24H,16H2,1-8H3,(H,29,32)(H,30,34). The van der Waals surface area contributed by atoms with Crippen LogP contribution in [0.25, 0.3) is 0 Å². The molecule has 0 fully saturated rings. The summed E-state index contributed by atoms with van der Waals surface area (Å²) in [6.07, 6.45) is -0.260. The van der Waals surface area contributed by atoms with E-state index in [4.69, 9.17) is 4.74 Å². The van der Waals surface area contributed by atoms with Crippen LogP contribution in [-0.4, -0.2) is 41.5 Å². The van der Waals surface area contributed by atoms with E-state index in [1.165, 1.54) is 4.90 Å². The Morgan fingerprint density at radius 2 is 1.66 bits per heavy atom. The fourth-order valence-corrected chi connectivity index (χ4v) is 3.82. The first-order valence-electron chi connectivity index (χ1n) is 12.0. The second-order valence-electron chi connectivity index (χ2n) is 10.4. The Bertz CT molecular complexity index is 1040. The van der Waals surface area contributed by atoms with E-state index in [1.54, 1.807) is 27.8 Å². The fraction of sp³-hybridized carbons (Fsp3) is 0.464. The van der Waals surface area contributed by atoms with Crippen LogP contribution in [0, 0.1) is 19.8 Å². The number of para-hydroxylation sites is 1. The number of carbonyl (C=O) groups is 3. The predicted octanol–water partition coefficient (Wildman–Crippen LogP) is 5.38. The van der Waals surface area contributed by atoms with Gasteiger partial charge in [0.15, 0.2) is 0 Å². The minimum atomic E-state index is -0.892. The van der Waals surface area contributed by atoms with Crippen molar-refractivity contribution in [3.05, 3.63) is 65.2 Å². The number of hydrogen-bond donors (Lipinski definition) is 2. The molecule has 2 aromatic carbocycles. The predicted molar refractivity (Wildman–Crippen MR) is 139 cm³/mol. The fourth-order valence-electron chi connectivity index (χ4n) is 3.82. The molecule has 0 saturated heterocycles. The monoisotopic (exact) mass is 481 g/mol. The molecular formula is C28H39N3O4. The summed E-state index contributed by atoms with van der Waals surface area (Å²) in [5.41, 5.74) is 2.57. The Morgan fingerprint density at radius 1 is 1.00 bits per heavy atom. The second kappa shape index (κ2) is 11.9. The highest BCUT2D eigenvalue weighted by atomic mass is 16.6. The first-order chi connectivity index (χ1) is 16.3. The number of nitrogens with one attached hydrogen (secondary N) is 2. The van der Waals surface area contributed by atoms with E-state index in [1.807, 2.05) is 76.2 Å². The molecule has 7 heteroatoms. The van der Waals surface area contributed by atoms with Crippen LogP contribution in [0.2, 0.25) is 0 Å². The number of aryl methyl sites for hydroxylation is 2. The first kappa shape index (κ1) is 27.9. The summed E-state index contributed by atoms with van der Waals surface area (Å²) in [4.78, 5) is 41.1. The third-order valence-electron chi connectivity index (χ3n) is 5.44. The van der Waals surface area contributed by atoms with Gasteiger partial charge in [-0.2, -0.15) is 0 Å². The summed E-state index contributed by atoms with van der Waals surface area (Å²) in [6, 6.07) is 13.3. The summed E-state index contributed by atoms with van der Waals surface area (Å²) in [5, 5.41) is 5.69. The third-order valence-corrected chi connectivity index (χ3v) is 5.44. The minimum absolute atomic E-state index is 0.130. The smallest absolute Gasteiger partial charge is 0.408 e. The van der Waals surface area contributed by atoms with Crippen LogP contribution >= 0.6 is 0 Å². The molecule has 0 aliphatic carbocycles. The van der Waals surface area contributed by atoms with Crippen molar-refractivity contribution in [3.63, 3.8) is 0 Å². The van der Waals surface area contributed by atoms with Gasteiger partial charge < -0.3 is 20.3 Å². The van der Waals surface area contributed by atoms with E-state index in [0.717, 1.165) is 11.1 Å². The molecule has 2 aromatic rings. The Balaban J connectivity index is 2.39. The highest BCUT2D eigenvalue weighted by molar-refractivity contribution is 5.99. The van der Waals surface area contributed by atoms with Crippen molar-refractivity contribution in [3.8, 4) is 0 Å². The third kappa shape index (κ3) is 8.42. The molecular weight excluding hydrogens is 442 g/mol. The van der Waals surface area contributed by atoms with E-state index in [-0.39, 0.29) is 17.7 Å². The van der Waals surface area contributed by atoms with Crippen LogP contribution < -0.4 is 10.6 Å². The number of anilines is 1. The van der Waals surface area contributed by atoms with Gasteiger partial charge in [0.1, 0.15) is 17.7 Å². The number of amides is 3. The molecule has 2 atom stereocenters. The molecule has 0 aliphatic heterocycles. The summed E-state index contributed by atoms with van der Waals surface area (Å²) in [5.74, 6) is -0.567. The maximum atomic E-state index is 13.7. The molecule has 0 saturated carbocycles. The number of alkyl carbamates (subject to hydrolysis) is 1. The Labute approximate surface area is 209 Å².